The summed E-state index contributed by atoms with van der Waals surface area (Å²) in [5.74, 6) is -2.08. The predicted molar refractivity (Wildman–Crippen MR) is 147 cm³/mol. The highest BCUT2D eigenvalue weighted by Crippen LogP contribution is 2.33. The number of amides is 3. The van der Waals surface area contributed by atoms with E-state index in [1.165, 1.54) is 16.2 Å². The summed E-state index contributed by atoms with van der Waals surface area (Å²) in [6, 6.07) is -2.39. The molecule has 4 atom stereocenters. The molecular weight excluding hydrogens is 576 g/mol. The number of carbonyl (C=O) groups is 4. The maximum Gasteiger partial charge on any atom is 0.410 e. The molecule has 3 heterocycles. The van der Waals surface area contributed by atoms with Crippen molar-refractivity contribution in [2.75, 3.05) is 20.2 Å². The van der Waals surface area contributed by atoms with E-state index in [2.05, 4.69) is 26.2 Å². The fraction of sp³-hybridized carbons (Fsp3) is 0.654. The quantitative estimate of drug-likeness (QED) is 0.518. The summed E-state index contributed by atoms with van der Waals surface area (Å²) in [5.41, 5.74) is -0.100. The summed E-state index contributed by atoms with van der Waals surface area (Å²) >= 11 is 4.78. The first-order valence-corrected chi connectivity index (χ1v) is 14.4. The highest BCUT2D eigenvalue weighted by atomic mass is 79.9. The van der Waals surface area contributed by atoms with E-state index < -0.39 is 47.6 Å². The van der Waals surface area contributed by atoms with Crippen LogP contribution in [0.5, 0.6) is 0 Å². The number of carbonyl (C=O) groups excluding carboxylic acids is 4. The SMILES string of the molecule is CCOC(=O)[C@@H]1Cc2nc(Br)sc2C=C[C@@H]2[C@H](CCN2C(=O)OC(C)(C)C)C(=O)N(C)[C@@H](C(C)C)C(=O)N1. The van der Waals surface area contributed by atoms with Crippen LogP contribution < -0.4 is 5.32 Å². The van der Waals surface area contributed by atoms with Gasteiger partial charge in [0.25, 0.3) is 0 Å². The number of ether oxygens (including phenoxy) is 2. The van der Waals surface area contributed by atoms with Gasteiger partial charge < -0.3 is 24.6 Å². The molecule has 10 nitrogen and oxygen atoms in total. The Morgan fingerprint density at radius 2 is 1.97 bits per heavy atom. The largest absolute Gasteiger partial charge is 0.464 e. The number of likely N-dealkylation sites (tertiary alicyclic amines) is 1. The van der Waals surface area contributed by atoms with Crippen LogP contribution in [0, 0.1) is 11.8 Å². The van der Waals surface area contributed by atoms with E-state index in [0.717, 1.165) is 4.88 Å². The molecule has 3 amide bonds. The van der Waals surface area contributed by atoms with E-state index in [-0.39, 0.29) is 24.9 Å². The van der Waals surface area contributed by atoms with Crippen LogP contribution in [0.1, 0.15) is 58.5 Å². The first kappa shape index (κ1) is 30.1. The lowest BCUT2D eigenvalue weighted by atomic mass is 9.95. The smallest absolute Gasteiger partial charge is 0.410 e. The first-order chi connectivity index (χ1) is 17.7. The molecule has 38 heavy (non-hydrogen) atoms. The Morgan fingerprint density at radius 3 is 2.58 bits per heavy atom. The minimum atomic E-state index is -0.980. The second-order valence-electron chi connectivity index (χ2n) is 10.9. The number of thiazole rings is 1. The van der Waals surface area contributed by atoms with Gasteiger partial charge in [-0.05, 0) is 62.0 Å². The molecule has 0 spiro atoms. The number of nitrogens with zero attached hydrogens (tertiary/aromatic N) is 3. The maximum absolute atomic E-state index is 13.8. The minimum Gasteiger partial charge on any atom is -0.464 e. The average molecular weight is 614 g/mol. The van der Waals surface area contributed by atoms with Crippen molar-refractivity contribution in [2.24, 2.45) is 11.8 Å². The number of hydrogen-bond acceptors (Lipinski definition) is 8. The van der Waals surface area contributed by atoms with E-state index in [9.17, 15) is 19.2 Å². The lowest BCUT2D eigenvalue weighted by Crippen LogP contribution is -2.56. The second-order valence-corrected chi connectivity index (χ2v) is 13.2. The van der Waals surface area contributed by atoms with Crippen LogP contribution in [0.3, 0.4) is 0 Å². The standard InChI is InChI=1S/C26H37BrN4O6S/c1-8-36-23(34)17-13-16-19(38-24(27)29-16)10-9-18-15(11-12-31(18)25(35)37-26(4,5)6)22(33)30(7)20(14(2)3)21(32)28-17/h9-10,14-15,17-18,20H,8,11-13H2,1-7H3,(H,28,32)/t15-,17-,18+,20-/m0/s1. The molecule has 3 rings (SSSR count). The van der Waals surface area contributed by atoms with E-state index >= 15 is 0 Å². The summed E-state index contributed by atoms with van der Waals surface area (Å²) < 4.78 is 11.5. The van der Waals surface area contributed by atoms with Gasteiger partial charge in [0, 0.05) is 20.0 Å². The van der Waals surface area contributed by atoms with E-state index in [1.807, 2.05) is 26.0 Å². The highest BCUT2D eigenvalue weighted by molar-refractivity contribution is 9.11. The third-order valence-electron chi connectivity index (χ3n) is 6.49. The molecule has 1 N–H and O–H groups in total. The minimum absolute atomic E-state index is 0.110. The lowest BCUT2D eigenvalue weighted by molar-refractivity contribution is -0.149. The molecule has 1 saturated heterocycles. The summed E-state index contributed by atoms with van der Waals surface area (Å²) in [6.45, 7) is 11.3. The van der Waals surface area contributed by atoms with E-state index in [4.69, 9.17) is 9.47 Å². The molecule has 2 aliphatic heterocycles. The lowest BCUT2D eigenvalue weighted by Gasteiger charge is -2.34. The number of hydrogen-bond donors (Lipinski definition) is 1. The number of halogens is 1. The third kappa shape index (κ3) is 6.93. The van der Waals surface area contributed by atoms with Gasteiger partial charge in [-0.2, -0.15) is 0 Å². The van der Waals surface area contributed by atoms with Crippen LogP contribution in [0.4, 0.5) is 4.79 Å². The molecule has 0 radical (unpaired) electrons. The zero-order valence-electron chi connectivity index (χ0n) is 22.9. The number of fused-ring (bicyclic) bond motifs is 2. The Morgan fingerprint density at radius 1 is 1.29 bits per heavy atom. The average Bonchev–Trinajstić information content (AvgIpc) is 3.37. The summed E-state index contributed by atoms with van der Waals surface area (Å²) in [6.07, 6.45) is 3.69. The fourth-order valence-electron chi connectivity index (χ4n) is 4.86. The molecule has 0 saturated carbocycles. The number of likely N-dealkylation sites (N-methyl/N-ethyl adjacent to an activating group) is 1. The van der Waals surface area contributed by atoms with Gasteiger partial charge in [0.15, 0.2) is 3.92 Å². The Hall–Kier alpha value is -2.47. The maximum atomic E-state index is 13.8. The van der Waals surface area contributed by atoms with Crippen LogP contribution in [0.2, 0.25) is 0 Å². The van der Waals surface area contributed by atoms with Crippen molar-refractivity contribution in [1.29, 1.82) is 0 Å². The van der Waals surface area contributed by atoms with Crippen LogP contribution >= 0.6 is 27.3 Å². The van der Waals surface area contributed by atoms with Gasteiger partial charge in [0.1, 0.15) is 17.7 Å². The topological polar surface area (TPSA) is 118 Å². The van der Waals surface area contributed by atoms with Gasteiger partial charge in [-0.1, -0.05) is 19.9 Å². The molecule has 1 fully saturated rings. The number of rotatable bonds is 3. The Balaban J connectivity index is 2.10. The molecular formula is C26H37BrN4O6S. The van der Waals surface area contributed by atoms with Gasteiger partial charge in [0.2, 0.25) is 11.8 Å². The van der Waals surface area contributed by atoms with Gasteiger partial charge in [-0.3, -0.25) is 9.59 Å². The van der Waals surface area contributed by atoms with E-state index in [1.54, 1.807) is 39.6 Å². The Bertz CT molecular complexity index is 1100. The molecule has 1 aromatic heterocycles. The molecule has 0 bridgehead atoms. The second kappa shape index (κ2) is 12.1. The van der Waals surface area contributed by atoms with Crippen molar-refractivity contribution in [3.8, 4) is 0 Å². The van der Waals surface area contributed by atoms with Crippen molar-refractivity contribution in [2.45, 2.75) is 78.1 Å². The zero-order chi connectivity index (χ0) is 28.4. The van der Waals surface area contributed by atoms with Gasteiger partial charge >= 0.3 is 12.1 Å². The van der Waals surface area contributed by atoms with Crippen LogP contribution in [-0.4, -0.2) is 82.6 Å². The molecule has 0 unspecified atom stereocenters. The monoisotopic (exact) mass is 612 g/mol. The highest BCUT2D eigenvalue weighted by Gasteiger charge is 2.45. The molecule has 0 aliphatic carbocycles. The normalized spacial score (nSPS) is 24.7. The molecule has 12 heteroatoms. The van der Waals surface area contributed by atoms with Crippen molar-refractivity contribution < 1.29 is 28.7 Å². The molecule has 2 aliphatic rings. The van der Waals surface area contributed by atoms with E-state index in [0.29, 0.717) is 22.6 Å². The van der Waals surface area contributed by atoms with Crippen LogP contribution in [-0.2, 0) is 30.3 Å². The van der Waals surface area contributed by atoms with Crippen molar-refractivity contribution in [1.82, 2.24) is 20.1 Å². The summed E-state index contributed by atoms with van der Waals surface area (Å²) in [7, 11) is 1.60. The molecule has 1 aromatic rings. The van der Waals surface area contributed by atoms with Crippen molar-refractivity contribution in [3.63, 3.8) is 0 Å². The Labute approximate surface area is 236 Å². The van der Waals surface area contributed by atoms with Gasteiger partial charge in [-0.15, -0.1) is 11.3 Å². The van der Waals surface area contributed by atoms with Crippen molar-refractivity contribution in [3.05, 3.63) is 20.6 Å². The summed E-state index contributed by atoms with van der Waals surface area (Å²) in [5, 5.41) is 2.82. The summed E-state index contributed by atoms with van der Waals surface area (Å²) in [4.78, 5) is 61.6. The number of aromatic nitrogens is 1. The van der Waals surface area contributed by atoms with Gasteiger partial charge in [0.05, 0.1) is 29.1 Å². The number of nitrogens with one attached hydrogen (secondary N) is 1. The van der Waals surface area contributed by atoms with Crippen molar-refractivity contribution >= 4 is 57.2 Å². The predicted octanol–water partition coefficient (Wildman–Crippen LogP) is 3.63. The van der Waals surface area contributed by atoms with Crippen LogP contribution in [0.25, 0.3) is 6.08 Å². The first-order valence-electron chi connectivity index (χ1n) is 12.8. The molecule has 210 valence electrons. The third-order valence-corrected chi connectivity index (χ3v) is 8.01. The van der Waals surface area contributed by atoms with Crippen LogP contribution in [0.15, 0.2) is 9.99 Å². The molecule has 0 aromatic carbocycles. The number of esters is 1. The Kier molecular flexibility index (Phi) is 9.62. The van der Waals surface area contributed by atoms with Gasteiger partial charge in [-0.25, -0.2) is 14.6 Å². The fourth-order valence-corrected chi connectivity index (χ4v) is 6.33. The zero-order valence-corrected chi connectivity index (χ0v) is 25.3.